The third-order valence-corrected chi connectivity index (χ3v) is 3.85. The number of hydrogen-bond donors (Lipinski definition) is 2. The lowest BCUT2D eigenvalue weighted by Crippen LogP contribution is -2.42. The summed E-state index contributed by atoms with van der Waals surface area (Å²) in [5.41, 5.74) is 3.54. The van der Waals surface area contributed by atoms with Crippen LogP contribution in [0, 0.1) is 11.3 Å². The fourth-order valence-corrected chi connectivity index (χ4v) is 2.58. The van der Waals surface area contributed by atoms with Crippen LogP contribution in [0.5, 0.6) is 0 Å². The Bertz CT molecular complexity index is 189. The van der Waals surface area contributed by atoms with Crippen LogP contribution < -0.4 is 11.3 Å². The van der Waals surface area contributed by atoms with E-state index in [-0.39, 0.29) is 0 Å². The van der Waals surface area contributed by atoms with Crippen LogP contribution in [0.25, 0.3) is 0 Å². The zero-order valence-electron chi connectivity index (χ0n) is 10.3. The summed E-state index contributed by atoms with van der Waals surface area (Å²) >= 11 is 0. The van der Waals surface area contributed by atoms with Gasteiger partial charge >= 0.3 is 0 Å². The fourth-order valence-electron chi connectivity index (χ4n) is 2.58. The smallest absolute Gasteiger partial charge is 0.0241 e. The summed E-state index contributed by atoms with van der Waals surface area (Å²) in [6.45, 7) is 8.51. The lowest BCUT2D eigenvalue weighted by Gasteiger charge is -2.37. The molecule has 2 nitrogen and oxygen atoms in total. The van der Waals surface area contributed by atoms with E-state index in [0.717, 1.165) is 18.8 Å². The summed E-state index contributed by atoms with van der Waals surface area (Å²) in [5.74, 6) is 6.39. The van der Waals surface area contributed by atoms with Gasteiger partial charge in [-0.1, -0.05) is 19.9 Å². The van der Waals surface area contributed by atoms with Gasteiger partial charge in [-0.05, 0) is 49.9 Å². The molecule has 1 aliphatic rings. The number of nitrogens with two attached hydrogens (primary N) is 1. The van der Waals surface area contributed by atoms with E-state index >= 15 is 0 Å². The minimum atomic E-state index is 0.485. The fraction of sp³-hybridized carbons (Fsp3) is 0.846. The highest BCUT2D eigenvalue weighted by Gasteiger charge is 2.30. The van der Waals surface area contributed by atoms with E-state index in [1.54, 1.807) is 0 Å². The number of hydrogen-bond acceptors (Lipinski definition) is 2. The molecule has 1 saturated carbocycles. The van der Waals surface area contributed by atoms with Crippen molar-refractivity contribution in [1.82, 2.24) is 5.43 Å². The molecule has 0 saturated heterocycles. The molecule has 0 heterocycles. The zero-order valence-corrected chi connectivity index (χ0v) is 10.3. The topological polar surface area (TPSA) is 38.0 Å². The van der Waals surface area contributed by atoms with Gasteiger partial charge in [0.1, 0.15) is 0 Å². The van der Waals surface area contributed by atoms with E-state index in [2.05, 4.69) is 25.9 Å². The molecule has 0 radical (unpaired) electrons. The minimum absolute atomic E-state index is 0.485. The number of hydrazine groups is 1. The first-order valence-electron chi connectivity index (χ1n) is 6.16. The highest BCUT2D eigenvalue weighted by molar-refractivity contribution is 4.85. The summed E-state index contributed by atoms with van der Waals surface area (Å²) < 4.78 is 0. The first-order valence-corrected chi connectivity index (χ1v) is 6.16. The molecular formula is C13H26N2. The van der Waals surface area contributed by atoms with E-state index in [4.69, 9.17) is 5.84 Å². The van der Waals surface area contributed by atoms with Crippen molar-refractivity contribution >= 4 is 0 Å². The molecule has 88 valence electrons. The Balaban J connectivity index is 2.39. The monoisotopic (exact) mass is 210 g/mol. The van der Waals surface area contributed by atoms with Crippen molar-refractivity contribution in [2.75, 3.05) is 0 Å². The maximum Gasteiger partial charge on any atom is 0.0241 e. The predicted octanol–water partition coefficient (Wildman–Crippen LogP) is 3.00. The second-order valence-corrected chi connectivity index (χ2v) is 5.64. The van der Waals surface area contributed by atoms with Gasteiger partial charge < -0.3 is 0 Å². The lowest BCUT2D eigenvalue weighted by atomic mass is 9.70. The summed E-state index contributed by atoms with van der Waals surface area (Å²) in [6.07, 6.45) is 9.49. The maximum absolute atomic E-state index is 5.63. The Morgan fingerprint density at radius 1 is 1.47 bits per heavy atom. The van der Waals surface area contributed by atoms with Gasteiger partial charge in [-0.15, -0.1) is 6.58 Å². The van der Waals surface area contributed by atoms with Crippen molar-refractivity contribution in [3.05, 3.63) is 12.7 Å². The molecule has 1 aliphatic carbocycles. The molecule has 0 bridgehead atoms. The largest absolute Gasteiger partial charge is 0.271 e. The van der Waals surface area contributed by atoms with E-state index in [1.165, 1.54) is 25.7 Å². The van der Waals surface area contributed by atoms with Crippen molar-refractivity contribution in [3.63, 3.8) is 0 Å². The summed E-state index contributed by atoms with van der Waals surface area (Å²) in [7, 11) is 0. The van der Waals surface area contributed by atoms with E-state index < -0.39 is 0 Å². The van der Waals surface area contributed by atoms with E-state index in [9.17, 15) is 0 Å². The normalized spacial score (nSPS) is 23.7. The summed E-state index contributed by atoms with van der Waals surface area (Å²) in [5, 5.41) is 0. The van der Waals surface area contributed by atoms with Crippen LogP contribution >= 0.6 is 0 Å². The molecule has 0 amide bonds. The maximum atomic E-state index is 5.63. The predicted molar refractivity (Wildman–Crippen MR) is 66.3 cm³/mol. The van der Waals surface area contributed by atoms with Crippen molar-refractivity contribution in [1.29, 1.82) is 0 Å². The Morgan fingerprint density at radius 2 is 2.07 bits per heavy atom. The molecule has 0 spiro atoms. The average Bonchev–Trinajstić information content (AvgIpc) is 2.21. The van der Waals surface area contributed by atoms with Gasteiger partial charge in [0.2, 0.25) is 0 Å². The van der Waals surface area contributed by atoms with E-state index in [0.29, 0.717) is 11.5 Å². The van der Waals surface area contributed by atoms with Gasteiger partial charge in [0.05, 0.1) is 0 Å². The molecule has 1 atom stereocenters. The zero-order chi connectivity index (χ0) is 11.3. The molecule has 0 aliphatic heterocycles. The molecule has 3 N–H and O–H groups in total. The summed E-state index contributed by atoms with van der Waals surface area (Å²) in [4.78, 5) is 0. The average molecular weight is 210 g/mol. The van der Waals surface area contributed by atoms with Crippen LogP contribution in [0.15, 0.2) is 12.7 Å². The molecule has 15 heavy (non-hydrogen) atoms. The standard InChI is InChI=1S/C13H26N2/c1-4-5-6-12(15-14)11-7-9-13(2,3)10-8-11/h4,11-12,15H,1,5-10,14H2,2-3H3. The third-order valence-electron chi connectivity index (χ3n) is 3.85. The van der Waals surface area contributed by atoms with Gasteiger partial charge in [0, 0.05) is 6.04 Å². The lowest BCUT2D eigenvalue weighted by molar-refractivity contribution is 0.158. The quantitative estimate of drug-likeness (QED) is 0.416. The molecule has 0 aromatic carbocycles. The second-order valence-electron chi connectivity index (χ2n) is 5.64. The Kier molecular flexibility index (Phi) is 4.81. The van der Waals surface area contributed by atoms with Crippen molar-refractivity contribution < 1.29 is 0 Å². The van der Waals surface area contributed by atoms with Crippen molar-refractivity contribution in [2.45, 2.75) is 58.4 Å². The number of allylic oxidation sites excluding steroid dienone is 1. The van der Waals surface area contributed by atoms with Gasteiger partial charge in [0.15, 0.2) is 0 Å². The first-order chi connectivity index (χ1) is 7.09. The van der Waals surface area contributed by atoms with Gasteiger partial charge in [-0.25, -0.2) is 0 Å². The Labute approximate surface area is 94.3 Å². The Morgan fingerprint density at radius 3 is 2.53 bits per heavy atom. The molecule has 2 heteroatoms. The molecule has 0 aromatic heterocycles. The molecule has 1 rings (SSSR count). The highest BCUT2D eigenvalue weighted by atomic mass is 15.2. The third kappa shape index (κ3) is 3.96. The van der Waals surface area contributed by atoms with Crippen LogP contribution in [0.3, 0.4) is 0 Å². The SMILES string of the molecule is C=CCCC(NN)C1CCC(C)(C)CC1. The van der Waals surface area contributed by atoms with Crippen LogP contribution in [0.2, 0.25) is 0 Å². The molecule has 1 fully saturated rings. The highest BCUT2D eigenvalue weighted by Crippen LogP contribution is 2.39. The van der Waals surface area contributed by atoms with Crippen LogP contribution in [0.4, 0.5) is 0 Å². The van der Waals surface area contributed by atoms with Gasteiger partial charge in [-0.3, -0.25) is 11.3 Å². The molecular weight excluding hydrogens is 184 g/mol. The molecule has 1 unspecified atom stereocenters. The Hall–Kier alpha value is -0.340. The summed E-state index contributed by atoms with van der Waals surface area (Å²) in [6, 6.07) is 0.485. The van der Waals surface area contributed by atoms with Crippen LogP contribution in [-0.2, 0) is 0 Å². The minimum Gasteiger partial charge on any atom is -0.271 e. The first kappa shape index (κ1) is 12.7. The van der Waals surface area contributed by atoms with Crippen molar-refractivity contribution in [3.8, 4) is 0 Å². The second kappa shape index (κ2) is 5.66. The van der Waals surface area contributed by atoms with Crippen LogP contribution in [-0.4, -0.2) is 6.04 Å². The van der Waals surface area contributed by atoms with Crippen LogP contribution in [0.1, 0.15) is 52.4 Å². The van der Waals surface area contributed by atoms with Gasteiger partial charge in [-0.2, -0.15) is 0 Å². The van der Waals surface area contributed by atoms with Gasteiger partial charge in [0.25, 0.3) is 0 Å². The number of rotatable bonds is 5. The van der Waals surface area contributed by atoms with Crippen molar-refractivity contribution in [2.24, 2.45) is 17.2 Å². The molecule has 0 aromatic rings. The van der Waals surface area contributed by atoms with E-state index in [1.807, 2.05) is 6.08 Å². The number of nitrogens with one attached hydrogen (secondary N) is 1.